The quantitative estimate of drug-likeness (QED) is 0.343. The Morgan fingerprint density at radius 1 is 1.31 bits per heavy atom. The van der Waals surface area contributed by atoms with Gasteiger partial charge in [0.05, 0.1) is 31.1 Å². The number of hydrogen-bond acceptors (Lipinski definition) is 5. The predicted molar refractivity (Wildman–Crippen MR) is 96.7 cm³/mol. The summed E-state index contributed by atoms with van der Waals surface area (Å²) in [6.45, 7) is 0.263. The molecule has 3 rings (SSSR count). The van der Waals surface area contributed by atoms with Gasteiger partial charge in [-0.15, -0.1) is 0 Å². The van der Waals surface area contributed by atoms with Crippen molar-refractivity contribution in [1.82, 2.24) is 15.3 Å². The summed E-state index contributed by atoms with van der Waals surface area (Å²) < 4.78 is 5.19. The van der Waals surface area contributed by atoms with Crippen LogP contribution in [0.5, 0.6) is 5.75 Å². The largest absolute Gasteiger partial charge is 0.497 e. The van der Waals surface area contributed by atoms with Crippen molar-refractivity contribution in [3.05, 3.63) is 60.0 Å². The first-order chi connectivity index (χ1) is 12.7. The molecule has 8 nitrogen and oxygen atoms in total. The minimum atomic E-state index is -1.10. The molecule has 0 aliphatic heterocycles. The van der Waals surface area contributed by atoms with Gasteiger partial charge in [0.2, 0.25) is 0 Å². The molecule has 0 aliphatic carbocycles. The molecule has 3 aromatic rings. The lowest BCUT2D eigenvalue weighted by molar-refractivity contribution is 0.141. The Morgan fingerprint density at radius 2 is 2.12 bits per heavy atom. The zero-order valence-corrected chi connectivity index (χ0v) is 14.1. The van der Waals surface area contributed by atoms with Crippen molar-refractivity contribution in [2.45, 2.75) is 0 Å². The van der Waals surface area contributed by atoms with Gasteiger partial charge in [0, 0.05) is 17.1 Å². The first-order valence-corrected chi connectivity index (χ1v) is 7.91. The molecule has 8 heteroatoms. The van der Waals surface area contributed by atoms with Crippen molar-refractivity contribution < 1.29 is 19.5 Å². The van der Waals surface area contributed by atoms with Gasteiger partial charge in [-0.1, -0.05) is 5.16 Å². The van der Waals surface area contributed by atoms with Gasteiger partial charge in [-0.3, -0.25) is 4.98 Å². The second-order valence-corrected chi connectivity index (χ2v) is 5.38. The smallest absolute Gasteiger partial charge is 0.404 e. The average Bonchev–Trinajstić information content (AvgIpc) is 3.08. The Morgan fingerprint density at radius 3 is 2.81 bits per heavy atom. The Hall–Kier alpha value is -3.55. The molecule has 0 spiro atoms. The Bertz CT molecular complexity index is 885. The zero-order valence-electron chi connectivity index (χ0n) is 14.1. The second-order valence-electron chi connectivity index (χ2n) is 5.38. The molecule has 0 unspecified atom stereocenters. The Labute approximate surface area is 149 Å². The Kier molecular flexibility index (Phi) is 5.33. The first kappa shape index (κ1) is 17.3. The van der Waals surface area contributed by atoms with E-state index in [1.54, 1.807) is 19.5 Å². The number of pyridine rings is 1. The maximum absolute atomic E-state index is 10.5. The number of H-pyrrole nitrogens is 1. The van der Waals surface area contributed by atoms with E-state index in [1.165, 1.54) is 0 Å². The third kappa shape index (κ3) is 4.10. The van der Waals surface area contributed by atoms with E-state index in [9.17, 15) is 4.79 Å². The number of hydrogen-bond donors (Lipinski definition) is 3. The minimum Gasteiger partial charge on any atom is -0.497 e. The molecular formula is C18H18N4O4. The predicted octanol–water partition coefficient (Wildman–Crippen LogP) is 2.61. The lowest BCUT2D eigenvalue weighted by Crippen LogP contribution is -2.24. The minimum absolute atomic E-state index is 0.119. The Balaban J connectivity index is 1.88. The third-order valence-electron chi connectivity index (χ3n) is 3.67. The van der Waals surface area contributed by atoms with Crippen molar-refractivity contribution in [3.8, 4) is 5.75 Å². The summed E-state index contributed by atoms with van der Waals surface area (Å²) in [7, 11) is 1.60. The molecule has 26 heavy (non-hydrogen) atoms. The third-order valence-corrected chi connectivity index (χ3v) is 3.67. The van der Waals surface area contributed by atoms with E-state index in [4.69, 9.17) is 14.7 Å². The molecule has 0 bridgehead atoms. The lowest BCUT2D eigenvalue weighted by Gasteiger charge is -2.07. The van der Waals surface area contributed by atoms with Crippen LogP contribution in [0.4, 0.5) is 4.79 Å². The highest BCUT2D eigenvalue weighted by Crippen LogP contribution is 2.19. The van der Waals surface area contributed by atoms with E-state index in [0.717, 1.165) is 27.9 Å². The van der Waals surface area contributed by atoms with Gasteiger partial charge in [-0.2, -0.15) is 0 Å². The van der Waals surface area contributed by atoms with Gasteiger partial charge in [-0.25, -0.2) is 4.79 Å². The number of nitrogens with zero attached hydrogens (tertiary/aromatic N) is 2. The summed E-state index contributed by atoms with van der Waals surface area (Å²) in [6, 6.07) is 11.3. The van der Waals surface area contributed by atoms with E-state index >= 15 is 0 Å². The molecule has 0 aliphatic rings. The lowest BCUT2D eigenvalue weighted by atomic mass is 10.1. The number of benzene rings is 1. The molecule has 2 aromatic heterocycles. The summed E-state index contributed by atoms with van der Waals surface area (Å²) in [5, 5.41) is 16.0. The number of rotatable bonds is 7. The number of methoxy groups -OCH3 is 1. The van der Waals surface area contributed by atoms with Crippen LogP contribution in [-0.4, -0.2) is 47.1 Å². The van der Waals surface area contributed by atoms with E-state index in [2.05, 4.69) is 20.4 Å². The molecule has 2 heterocycles. The van der Waals surface area contributed by atoms with Gasteiger partial charge in [0.25, 0.3) is 0 Å². The molecule has 3 N–H and O–H groups in total. The monoisotopic (exact) mass is 354 g/mol. The number of aromatic nitrogens is 2. The van der Waals surface area contributed by atoms with Crippen LogP contribution in [0.25, 0.3) is 10.9 Å². The summed E-state index contributed by atoms with van der Waals surface area (Å²) in [4.78, 5) is 23.1. The van der Waals surface area contributed by atoms with Gasteiger partial charge in [0.15, 0.2) is 0 Å². The summed E-state index contributed by atoms with van der Waals surface area (Å²) in [5.41, 5.74) is 3.08. The number of carboxylic acid groups (broad SMARTS) is 1. The normalized spacial score (nSPS) is 11.3. The zero-order chi connectivity index (χ0) is 18.4. The number of carbonyl (C=O) groups is 1. The molecule has 0 saturated heterocycles. The molecule has 1 amide bonds. The molecular weight excluding hydrogens is 336 g/mol. The molecule has 134 valence electrons. The van der Waals surface area contributed by atoms with Gasteiger partial charge in [0.1, 0.15) is 18.1 Å². The van der Waals surface area contributed by atoms with Gasteiger partial charge >= 0.3 is 6.09 Å². The average molecular weight is 354 g/mol. The van der Waals surface area contributed by atoms with Crippen LogP contribution in [-0.2, 0) is 4.84 Å². The number of fused-ring (bicyclic) bond motifs is 1. The number of aromatic amines is 1. The maximum Gasteiger partial charge on any atom is 0.404 e. The van der Waals surface area contributed by atoms with Crippen LogP contribution in [0.1, 0.15) is 11.3 Å². The molecule has 0 fully saturated rings. The number of amides is 1. The van der Waals surface area contributed by atoms with Gasteiger partial charge < -0.3 is 25.0 Å². The fourth-order valence-corrected chi connectivity index (χ4v) is 2.42. The summed E-state index contributed by atoms with van der Waals surface area (Å²) in [5.74, 6) is 0.737. The van der Waals surface area contributed by atoms with E-state index in [0.29, 0.717) is 5.71 Å². The SMILES string of the molecule is COc1ccc(/C(=N\OCCNC(=O)O)c2cc3ccncc3[nH]2)cc1. The van der Waals surface area contributed by atoms with Crippen molar-refractivity contribution in [2.24, 2.45) is 5.16 Å². The van der Waals surface area contributed by atoms with Crippen LogP contribution in [0.3, 0.4) is 0 Å². The van der Waals surface area contributed by atoms with Crippen LogP contribution < -0.4 is 10.1 Å². The van der Waals surface area contributed by atoms with E-state index in [-0.39, 0.29) is 13.2 Å². The maximum atomic E-state index is 10.5. The highest BCUT2D eigenvalue weighted by atomic mass is 16.6. The van der Waals surface area contributed by atoms with Crippen molar-refractivity contribution in [2.75, 3.05) is 20.3 Å². The van der Waals surface area contributed by atoms with Crippen LogP contribution in [0.15, 0.2) is 53.9 Å². The van der Waals surface area contributed by atoms with Crippen LogP contribution in [0, 0.1) is 0 Å². The molecule has 0 radical (unpaired) electrons. The topological polar surface area (TPSA) is 109 Å². The standard InChI is InChI=1S/C18H18N4O4/c1-25-14-4-2-12(3-5-14)17(22-26-9-8-20-18(23)24)15-10-13-6-7-19-11-16(13)21-15/h2-7,10-11,20-21H,8-9H2,1H3,(H,23,24)/b22-17+. The summed E-state index contributed by atoms with van der Waals surface area (Å²) in [6.07, 6.45) is 2.36. The molecule has 1 aromatic carbocycles. The number of nitrogens with one attached hydrogen (secondary N) is 2. The van der Waals surface area contributed by atoms with Crippen molar-refractivity contribution >= 4 is 22.7 Å². The number of ether oxygens (including phenoxy) is 1. The fourth-order valence-electron chi connectivity index (χ4n) is 2.42. The van der Waals surface area contributed by atoms with Crippen molar-refractivity contribution in [3.63, 3.8) is 0 Å². The summed E-state index contributed by atoms with van der Waals surface area (Å²) >= 11 is 0. The van der Waals surface area contributed by atoms with Gasteiger partial charge in [-0.05, 0) is 36.4 Å². The highest BCUT2D eigenvalue weighted by Gasteiger charge is 2.12. The fraction of sp³-hybridized carbons (Fsp3) is 0.167. The number of oxime groups is 1. The van der Waals surface area contributed by atoms with Crippen LogP contribution >= 0.6 is 0 Å². The van der Waals surface area contributed by atoms with E-state index < -0.39 is 6.09 Å². The van der Waals surface area contributed by atoms with Crippen molar-refractivity contribution in [1.29, 1.82) is 0 Å². The first-order valence-electron chi connectivity index (χ1n) is 7.91. The highest BCUT2D eigenvalue weighted by molar-refractivity contribution is 6.13. The van der Waals surface area contributed by atoms with E-state index in [1.807, 2.05) is 36.4 Å². The second kappa shape index (κ2) is 8.02. The molecule has 0 saturated carbocycles. The molecule has 0 atom stereocenters. The van der Waals surface area contributed by atoms with Crippen LogP contribution in [0.2, 0.25) is 0 Å².